The Kier molecular flexibility index (Phi) is 5.10. The summed E-state index contributed by atoms with van der Waals surface area (Å²) in [6, 6.07) is 7.50. The standard InChI is InChI=1S/C14H17FN2O2S2/c1-2-17(10-12-4-3-7-20-12)21(18,19)13-5-6-14(15)11(8-13)9-16/h3-8H,2,9-10,16H2,1H3. The fourth-order valence-corrected chi connectivity index (χ4v) is 4.24. The Balaban J connectivity index is 2.35. The lowest BCUT2D eigenvalue weighted by Gasteiger charge is -2.20. The number of halogens is 1. The van der Waals surface area contributed by atoms with Gasteiger partial charge in [-0.25, -0.2) is 12.8 Å². The largest absolute Gasteiger partial charge is 0.326 e. The molecule has 0 amide bonds. The first-order chi connectivity index (χ1) is 9.98. The molecule has 7 heteroatoms. The van der Waals surface area contributed by atoms with Crippen LogP contribution in [0.3, 0.4) is 0 Å². The molecule has 0 aliphatic carbocycles. The summed E-state index contributed by atoms with van der Waals surface area (Å²) in [5.41, 5.74) is 5.63. The van der Waals surface area contributed by atoms with Crippen LogP contribution in [0.1, 0.15) is 17.4 Å². The second-order valence-electron chi connectivity index (χ2n) is 4.47. The first-order valence-electron chi connectivity index (χ1n) is 6.50. The fraction of sp³-hybridized carbons (Fsp3) is 0.286. The SMILES string of the molecule is CCN(Cc1cccs1)S(=O)(=O)c1ccc(F)c(CN)c1. The van der Waals surface area contributed by atoms with Gasteiger partial charge in [0.15, 0.2) is 0 Å². The Bertz CT molecular complexity index is 700. The molecule has 0 fully saturated rings. The summed E-state index contributed by atoms with van der Waals surface area (Å²) < 4.78 is 40.1. The zero-order valence-corrected chi connectivity index (χ0v) is 13.3. The number of thiophene rings is 1. The molecule has 1 heterocycles. The third-order valence-corrected chi connectivity index (χ3v) is 5.92. The van der Waals surface area contributed by atoms with Crippen LogP contribution in [-0.2, 0) is 23.1 Å². The van der Waals surface area contributed by atoms with Crippen LogP contribution in [0.15, 0.2) is 40.6 Å². The molecule has 2 aromatic rings. The highest BCUT2D eigenvalue weighted by molar-refractivity contribution is 7.89. The predicted molar refractivity (Wildman–Crippen MR) is 81.9 cm³/mol. The molecular weight excluding hydrogens is 311 g/mol. The van der Waals surface area contributed by atoms with Crippen LogP contribution in [0.4, 0.5) is 4.39 Å². The Morgan fingerprint density at radius 3 is 2.67 bits per heavy atom. The molecule has 0 saturated heterocycles. The summed E-state index contributed by atoms with van der Waals surface area (Å²) in [7, 11) is -3.66. The number of sulfonamides is 1. The van der Waals surface area contributed by atoms with Gasteiger partial charge in [-0.05, 0) is 29.6 Å². The van der Waals surface area contributed by atoms with E-state index in [0.29, 0.717) is 13.1 Å². The molecule has 1 aromatic carbocycles. The second kappa shape index (κ2) is 6.65. The van der Waals surface area contributed by atoms with E-state index < -0.39 is 15.8 Å². The lowest BCUT2D eigenvalue weighted by molar-refractivity contribution is 0.426. The Morgan fingerprint density at radius 2 is 2.10 bits per heavy atom. The van der Waals surface area contributed by atoms with Crippen LogP contribution in [0.25, 0.3) is 0 Å². The molecule has 4 nitrogen and oxygen atoms in total. The van der Waals surface area contributed by atoms with Gasteiger partial charge in [0.2, 0.25) is 10.0 Å². The van der Waals surface area contributed by atoms with Crippen molar-refractivity contribution >= 4 is 21.4 Å². The molecular formula is C14H17FN2O2S2. The third kappa shape index (κ3) is 3.49. The van der Waals surface area contributed by atoms with E-state index >= 15 is 0 Å². The number of benzene rings is 1. The molecule has 0 atom stereocenters. The molecule has 0 radical (unpaired) electrons. The van der Waals surface area contributed by atoms with E-state index in [-0.39, 0.29) is 17.0 Å². The van der Waals surface area contributed by atoms with Gasteiger partial charge >= 0.3 is 0 Å². The Morgan fingerprint density at radius 1 is 1.33 bits per heavy atom. The van der Waals surface area contributed by atoms with E-state index in [1.807, 2.05) is 17.5 Å². The molecule has 0 aliphatic heterocycles. The molecule has 0 aliphatic rings. The summed E-state index contributed by atoms with van der Waals surface area (Å²) in [5, 5.41) is 1.90. The second-order valence-corrected chi connectivity index (χ2v) is 7.44. The molecule has 0 spiro atoms. The van der Waals surface area contributed by atoms with Crippen molar-refractivity contribution in [3.8, 4) is 0 Å². The van der Waals surface area contributed by atoms with E-state index in [0.717, 1.165) is 10.9 Å². The normalized spacial score (nSPS) is 12.0. The highest BCUT2D eigenvalue weighted by Gasteiger charge is 2.24. The van der Waals surface area contributed by atoms with Gasteiger partial charge < -0.3 is 5.73 Å². The first kappa shape index (κ1) is 16.1. The number of hydrogen-bond acceptors (Lipinski definition) is 4. The van der Waals surface area contributed by atoms with Gasteiger partial charge in [-0.2, -0.15) is 4.31 Å². The Hall–Kier alpha value is -1.28. The molecule has 114 valence electrons. The van der Waals surface area contributed by atoms with Gasteiger partial charge in [-0.1, -0.05) is 13.0 Å². The summed E-state index contributed by atoms with van der Waals surface area (Å²) in [6.45, 7) is 2.40. The summed E-state index contributed by atoms with van der Waals surface area (Å²) in [4.78, 5) is 1.03. The van der Waals surface area contributed by atoms with Crippen molar-refractivity contribution in [1.82, 2.24) is 4.31 Å². The van der Waals surface area contributed by atoms with E-state index in [9.17, 15) is 12.8 Å². The molecule has 0 saturated carbocycles. The fourth-order valence-electron chi connectivity index (χ4n) is 1.96. The number of nitrogens with two attached hydrogens (primary N) is 1. The van der Waals surface area contributed by atoms with Gasteiger partial charge in [-0.3, -0.25) is 0 Å². The number of nitrogens with zero attached hydrogens (tertiary/aromatic N) is 1. The van der Waals surface area contributed by atoms with Gasteiger partial charge in [0.05, 0.1) is 4.90 Å². The summed E-state index contributed by atoms with van der Waals surface area (Å²) in [6.07, 6.45) is 0. The minimum absolute atomic E-state index is 0.0355. The lowest BCUT2D eigenvalue weighted by Crippen LogP contribution is -2.30. The molecule has 2 rings (SSSR count). The van der Waals surface area contributed by atoms with Gasteiger partial charge in [-0.15, -0.1) is 11.3 Å². The predicted octanol–water partition coefficient (Wildman–Crippen LogP) is 2.56. The molecule has 0 bridgehead atoms. The summed E-state index contributed by atoms with van der Waals surface area (Å²) >= 11 is 1.50. The van der Waals surface area contributed by atoms with Gasteiger partial charge in [0.25, 0.3) is 0 Å². The lowest BCUT2D eigenvalue weighted by atomic mass is 10.2. The monoisotopic (exact) mass is 328 g/mol. The number of rotatable bonds is 6. The molecule has 1 aromatic heterocycles. The van der Waals surface area contributed by atoms with Crippen LogP contribution in [-0.4, -0.2) is 19.3 Å². The van der Waals surface area contributed by atoms with E-state index in [4.69, 9.17) is 5.73 Å². The van der Waals surface area contributed by atoms with Crippen molar-refractivity contribution in [2.45, 2.75) is 24.9 Å². The van der Waals surface area contributed by atoms with Crippen LogP contribution in [0.5, 0.6) is 0 Å². The zero-order chi connectivity index (χ0) is 15.5. The average molecular weight is 328 g/mol. The van der Waals surface area contributed by atoms with Gasteiger partial charge in [0, 0.05) is 30.1 Å². The minimum atomic E-state index is -3.66. The molecule has 2 N–H and O–H groups in total. The van der Waals surface area contributed by atoms with E-state index in [1.54, 1.807) is 6.92 Å². The number of hydrogen-bond donors (Lipinski definition) is 1. The molecule has 21 heavy (non-hydrogen) atoms. The van der Waals surface area contributed by atoms with Crippen LogP contribution < -0.4 is 5.73 Å². The maximum atomic E-state index is 13.5. The highest BCUT2D eigenvalue weighted by atomic mass is 32.2. The van der Waals surface area contributed by atoms with E-state index in [2.05, 4.69) is 0 Å². The maximum Gasteiger partial charge on any atom is 0.243 e. The van der Waals surface area contributed by atoms with Crippen molar-refractivity contribution in [2.75, 3.05) is 6.54 Å². The van der Waals surface area contributed by atoms with Crippen molar-refractivity contribution in [2.24, 2.45) is 5.73 Å². The van der Waals surface area contributed by atoms with Crippen molar-refractivity contribution < 1.29 is 12.8 Å². The van der Waals surface area contributed by atoms with Crippen molar-refractivity contribution in [3.05, 3.63) is 52.0 Å². The summed E-state index contributed by atoms with van der Waals surface area (Å²) in [5.74, 6) is -0.488. The third-order valence-electron chi connectivity index (χ3n) is 3.14. The topological polar surface area (TPSA) is 63.4 Å². The van der Waals surface area contributed by atoms with Crippen LogP contribution in [0, 0.1) is 5.82 Å². The van der Waals surface area contributed by atoms with Crippen LogP contribution in [0.2, 0.25) is 0 Å². The highest BCUT2D eigenvalue weighted by Crippen LogP contribution is 2.22. The van der Waals surface area contributed by atoms with Crippen molar-refractivity contribution in [3.63, 3.8) is 0 Å². The first-order valence-corrected chi connectivity index (χ1v) is 8.82. The average Bonchev–Trinajstić information content (AvgIpc) is 2.97. The van der Waals surface area contributed by atoms with Crippen LogP contribution >= 0.6 is 11.3 Å². The zero-order valence-electron chi connectivity index (χ0n) is 11.6. The minimum Gasteiger partial charge on any atom is -0.326 e. The Labute approximate surface area is 128 Å². The van der Waals surface area contributed by atoms with Gasteiger partial charge in [0.1, 0.15) is 5.82 Å². The smallest absolute Gasteiger partial charge is 0.243 e. The molecule has 0 unspecified atom stereocenters. The quantitative estimate of drug-likeness (QED) is 0.886. The van der Waals surface area contributed by atoms with Crippen molar-refractivity contribution in [1.29, 1.82) is 0 Å². The van der Waals surface area contributed by atoms with E-state index in [1.165, 1.54) is 27.8 Å². The maximum absolute atomic E-state index is 13.5.